The molecular weight excluding hydrogens is 513 g/mol. The van der Waals surface area contributed by atoms with Crippen LogP contribution < -0.4 is 19.5 Å². The standard InChI is InChI=1S/C29H33Cl2NO5/c1-35-20-10-9-18(26(15-20)37-3)16-32-28-23(22-12-17(22)6-5-11-33)13-19(30)14-24(28)29(34)21-7-4-8-25(36-2)27(21)31/h4,7-10,13-15,17,22,29,32-34H,5-6,11-12,16H2,1-3H3/t17?,22-,29?/m0/s1. The van der Waals surface area contributed by atoms with E-state index in [2.05, 4.69) is 5.32 Å². The summed E-state index contributed by atoms with van der Waals surface area (Å²) in [4.78, 5) is 0. The molecule has 198 valence electrons. The van der Waals surface area contributed by atoms with E-state index in [1.165, 1.54) is 0 Å². The average molecular weight is 546 g/mol. The number of benzene rings is 3. The van der Waals surface area contributed by atoms with Crippen LogP contribution in [-0.4, -0.2) is 38.1 Å². The molecule has 0 saturated heterocycles. The van der Waals surface area contributed by atoms with Crippen LogP contribution >= 0.6 is 23.2 Å². The number of rotatable bonds is 12. The summed E-state index contributed by atoms with van der Waals surface area (Å²) in [7, 11) is 4.79. The van der Waals surface area contributed by atoms with Gasteiger partial charge in [0, 0.05) is 46.6 Å². The number of nitrogens with one attached hydrogen (secondary N) is 1. The highest BCUT2D eigenvalue weighted by Crippen LogP contribution is 2.54. The minimum atomic E-state index is -1.03. The van der Waals surface area contributed by atoms with Crippen LogP contribution in [0.15, 0.2) is 48.5 Å². The summed E-state index contributed by atoms with van der Waals surface area (Å²) in [5.41, 5.74) is 3.99. The molecule has 3 atom stereocenters. The van der Waals surface area contributed by atoms with Crippen LogP contribution in [0.5, 0.6) is 17.2 Å². The van der Waals surface area contributed by atoms with Crippen molar-refractivity contribution in [2.45, 2.75) is 37.8 Å². The second kappa shape index (κ2) is 12.3. The summed E-state index contributed by atoms with van der Waals surface area (Å²) in [6.45, 7) is 0.640. The van der Waals surface area contributed by atoms with Crippen LogP contribution in [0.25, 0.3) is 0 Å². The molecule has 1 aliphatic rings. The number of methoxy groups -OCH3 is 3. The quantitative estimate of drug-likeness (QED) is 0.238. The Morgan fingerprint density at radius 1 is 0.973 bits per heavy atom. The molecule has 0 aromatic heterocycles. The highest BCUT2D eigenvalue weighted by atomic mass is 35.5. The van der Waals surface area contributed by atoms with Crippen LogP contribution in [0, 0.1) is 5.92 Å². The minimum absolute atomic E-state index is 0.180. The van der Waals surface area contributed by atoms with Crippen molar-refractivity contribution < 1.29 is 24.4 Å². The maximum atomic E-state index is 11.6. The average Bonchev–Trinajstić information content (AvgIpc) is 3.69. The minimum Gasteiger partial charge on any atom is -0.497 e. The first-order valence-electron chi connectivity index (χ1n) is 12.3. The van der Waals surface area contributed by atoms with E-state index in [9.17, 15) is 10.2 Å². The van der Waals surface area contributed by atoms with Gasteiger partial charge in [-0.2, -0.15) is 0 Å². The number of aliphatic hydroxyl groups excluding tert-OH is 2. The first-order chi connectivity index (χ1) is 17.9. The van der Waals surface area contributed by atoms with Crippen molar-refractivity contribution in [3.63, 3.8) is 0 Å². The molecule has 2 unspecified atom stereocenters. The van der Waals surface area contributed by atoms with Gasteiger partial charge in [-0.05, 0) is 67.0 Å². The lowest BCUT2D eigenvalue weighted by Gasteiger charge is -2.23. The molecule has 8 heteroatoms. The summed E-state index contributed by atoms with van der Waals surface area (Å²) >= 11 is 13.2. The Kier molecular flexibility index (Phi) is 9.08. The maximum Gasteiger partial charge on any atom is 0.137 e. The normalized spacial score (nSPS) is 17.3. The zero-order valence-corrected chi connectivity index (χ0v) is 22.8. The van der Waals surface area contributed by atoms with Gasteiger partial charge >= 0.3 is 0 Å². The van der Waals surface area contributed by atoms with Gasteiger partial charge in [0.15, 0.2) is 0 Å². The summed E-state index contributed by atoms with van der Waals surface area (Å²) in [5.74, 6) is 2.65. The van der Waals surface area contributed by atoms with Gasteiger partial charge in [0.2, 0.25) is 0 Å². The van der Waals surface area contributed by atoms with E-state index >= 15 is 0 Å². The Hall–Kier alpha value is -2.64. The van der Waals surface area contributed by atoms with Crippen molar-refractivity contribution in [2.24, 2.45) is 5.92 Å². The molecule has 1 aliphatic carbocycles. The molecule has 1 fully saturated rings. The predicted octanol–water partition coefficient (Wildman–Crippen LogP) is 6.59. The van der Waals surface area contributed by atoms with Gasteiger partial charge in [0.25, 0.3) is 0 Å². The van der Waals surface area contributed by atoms with Crippen molar-refractivity contribution in [3.8, 4) is 17.2 Å². The highest BCUT2D eigenvalue weighted by Gasteiger charge is 2.40. The smallest absolute Gasteiger partial charge is 0.137 e. The summed E-state index contributed by atoms with van der Waals surface area (Å²) in [6, 6.07) is 14.8. The van der Waals surface area contributed by atoms with Gasteiger partial charge in [-0.1, -0.05) is 35.3 Å². The van der Waals surface area contributed by atoms with E-state index in [-0.39, 0.29) is 12.5 Å². The Balaban J connectivity index is 1.75. The lowest BCUT2D eigenvalue weighted by Crippen LogP contribution is -2.11. The SMILES string of the molecule is COc1ccc(CNc2c(C(O)c3cccc(OC)c3Cl)cc(Cl)cc2[C@H]2CC2CCCO)c(OC)c1. The third-order valence-electron chi connectivity index (χ3n) is 6.97. The summed E-state index contributed by atoms with van der Waals surface area (Å²) in [6.07, 6.45) is 1.69. The van der Waals surface area contributed by atoms with Gasteiger partial charge in [0.1, 0.15) is 23.4 Å². The molecule has 0 aliphatic heterocycles. The van der Waals surface area contributed by atoms with E-state index < -0.39 is 6.10 Å². The van der Waals surface area contributed by atoms with E-state index in [1.54, 1.807) is 45.6 Å². The largest absolute Gasteiger partial charge is 0.497 e. The van der Waals surface area contributed by atoms with E-state index in [1.807, 2.05) is 24.3 Å². The van der Waals surface area contributed by atoms with E-state index in [0.717, 1.165) is 36.1 Å². The van der Waals surface area contributed by atoms with Gasteiger partial charge in [-0.15, -0.1) is 0 Å². The first-order valence-corrected chi connectivity index (χ1v) is 13.1. The van der Waals surface area contributed by atoms with Crippen molar-refractivity contribution in [1.29, 1.82) is 0 Å². The Morgan fingerprint density at radius 3 is 2.46 bits per heavy atom. The number of anilines is 1. The number of halogens is 2. The van der Waals surface area contributed by atoms with Crippen LogP contribution in [0.2, 0.25) is 10.0 Å². The van der Waals surface area contributed by atoms with Crippen LogP contribution in [-0.2, 0) is 6.54 Å². The Morgan fingerprint density at radius 2 is 1.76 bits per heavy atom. The number of hydrogen-bond donors (Lipinski definition) is 3. The topological polar surface area (TPSA) is 80.2 Å². The van der Waals surface area contributed by atoms with E-state index in [4.69, 9.17) is 37.4 Å². The third kappa shape index (κ3) is 6.10. The molecular formula is C29H33Cl2NO5. The lowest BCUT2D eigenvalue weighted by atomic mass is 9.94. The summed E-state index contributed by atoms with van der Waals surface area (Å²) in [5, 5.41) is 25.4. The molecule has 3 N–H and O–H groups in total. The molecule has 6 nitrogen and oxygen atoms in total. The fraction of sp³-hybridized carbons (Fsp3) is 0.379. The molecule has 0 radical (unpaired) electrons. The molecule has 0 heterocycles. The van der Waals surface area contributed by atoms with Gasteiger partial charge in [0.05, 0.1) is 26.4 Å². The molecule has 0 spiro atoms. The maximum absolute atomic E-state index is 11.6. The lowest BCUT2D eigenvalue weighted by molar-refractivity contribution is 0.220. The molecule has 1 saturated carbocycles. The second-order valence-electron chi connectivity index (χ2n) is 9.22. The second-order valence-corrected chi connectivity index (χ2v) is 10.0. The summed E-state index contributed by atoms with van der Waals surface area (Å²) < 4.78 is 16.3. The number of aliphatic hydroxyl groups is 2. The first kappa shape index (κ1) is 27.4. The fourth-order valence-electron chi connectivity index (χ4n) is 4.91. The monoisotopic (exact) mass is 545 g/mol. The highest BCUT2D eigenvalue weighted by molar-refractivity contribution is 6.33. The molecule has 0 amide bonds. The van der Waals surface area contributed by atoms with Gasteiger partial charge in [-0.25, -0.2) is 0 Å². The predicted molar refractivity (Wildman–Crippen MR) is 148 cm³/mol. The van der Waals surface area contributed by atoms with Crippen LogP contribution in [0.4, 0.5) is 5.69 Å². The zero-order valence-electron chi connectivity index (χ0n) is 21.3. The van der Waals surface area contributed by atoms with Crippen molar-refractivity contribution >= 4 is 28.9 Å². The Bertz CT molecular complexity index is 1240. The molecule has 37 heavy (non-hydrogen) atoms. The van der Waals surface area contributed by atoms with Gasteiger partial charge < -0.3 is 29.7 Å². The van der Waals surface area contributed by atoms with Crippen LogP contribution in [0.3, 0.4) is 0 Å². The third-order valence-corrected chi connectivity index (χ3v) is 7.59. The molecule has 4 rings (SSSR count). The Labute approximate surface area is 228 Å². The molecule has 3 aromatic rings. The van der Waals surface area contributed by atoms with Crippen molar-refractivity contribution in [1.82, 2.24) is 0 Å². The van der Waals surface area contributed by atoms with Crippen molar-refractivity contribution in [2.75, 3.05) is 33.3 Å². The van der Waals surface area contributed by atoms with Crippen LogP contribution in [0.1, 0.15) is 53.5 Å². The van der Waals surface area contributed by atoms with Crippen molar-refractivity contribution in [3.05, 3.63) is 80.8 Å². The number of hydrogen-bond acceptors (Lipinski definition) is 6. The van der Waals surface area contributed by atoms with E-state index in [0.29, 0.717) is 50.9 Å². The number of ether oxygens (including phenoxy) is 3. The molecule has 0 bridgehead atoms. The zero-order chi connectivity index (χ0) is 26.5. The van der Waals surface area contributed by atoms with Gasteiger partial charge in [-0.3, -0.25) is 0 Å². The fourth-order valence-corrected chi connectivity index (χ4v) is 5.45. The molecule has 3 aromatic carbocycles.